The number of fused-ring (bicyclic) bond motifs is 1. The summed E-state index contributed by atoms with van der Waals surface area (Å²) in [5.41, 5.74) is 0.898. The standard InChI is InChI=1S/C40H37F5N2O4S/c1-50-22-21-26-9-17-31(18-10-26)47(51-32-19-13-28(14-20-32)27-11-15-30(16-12-27)40(43,44)45)37(49)24-46-35-8-3-2-6-33(35)36(48)23-38(46)52-25-29-5-4-7-34(41)39(29)42/h2-8,11-16,19-20,23,26,31H,9-10,17-18,21-22,24-25H2,1H3. The number of benzene rings is 4. The molecule has 5 aromatic rings. The van der Waals surface area contributed by atoms with Crippen LogP contribution in [-0.2, 0) is 28.0 Å². The van der Waals surface area contributed by atoms with Crippen molar-refractivity contribution in [2.45, 2.75) is 61.6 Å². The SMILES string of the molecule is COCCC1CCC(N(Oc2ccc(-c3ccc(C(F)(F)F)cc3)cc2)C(=O)Cn2c(SCc3cccc(F)c3F)cc(=O)c3ccccc32)CC1. The van der Waals surface area contributed by atoms with Gasteiger partial charge in [0.25, 0.3) is 5.91 Å². The molecule has 1 saturated carbocycles. The van der Waals surface area contributed by atoms with Gasteiger partial charge in [0.05, 0.1) is 22.1 Å². The molecule has 272 valence electrons. The van der Waals surface area contributed by atoms with E-state index in [2.05, 4.69) is 0 Å². The second-order valence-electron chi connectivity index (χ2n) is 12.8. The van der Waals surface area contributed by atoms with Crippen LogP contribution < -0.4 is 10.3 Å². The number of carbonyl (C=O) groups is 1. The smallest absolute Gasteiger partial charge is 0.385 e. The average molecular weight is 737 g/mol. The van der Waals surface area contributed by atoms with Gasteiger partial charge in [0.15, 0.2) is 22.8 Å². The van der Waals surface area contributed by atoms with E-state index in [1.165, 1.54) is 35.4 Å². The van der Waals surface area contributed by atoms with Gasteiger partial charge in [-0.1, -0.05) is 48.5 Å². The first-order chi connectivity index (χ1) is 25.0. The summed E-state index contributed by atoms with van der Waals surface area (Å²) in [7, 11) is 1.67. The van der Waals surface area contributed by atoms with Gasteiger partial charge >= 0.3 is 6.18 Å². The number of pyridine rings is 1. The van der Waals surface area contributed by atoms with Crippen molar-refractivity contribution in [3.05, 3.63) is 130 Å². The number of hydrogen-bond acceptors (Lipinski definition) is 5. The van der Waals surface area contributed by atoms with Crippen LogP contribution in [0.1, 0.15) is 43.2 Å². The lowest BCUT2D eigenvalue weighted by atomic mass is 9.84. The van der Waals surface area contributed by atoms with Crippen LogP contribution in [0.4, 0.5) is 22.0 Å². The van der Waals surface area contributed by atoms with Gasteiger partial charge < -0.3 is 14.1 Å². The van der Waals surface area contributed by atoms with Crippen molar-refractivity contribution in [1.29, 1.82) is 0 Å². The Kier molecular flexibility index (Phi) is 11.6. The number of alkyl halides is 3. The summed E-state index contributed by atoms with van der Waals surface area (Å²) in [4.78, 5) is 33.9. The molecule has 0 radical (unpaired) electrons. The monoisotopic (exact) mass is 736 g/mol. The minimum atomic E-state index is -4.44. The number of carbonyl (C=O) groups excluding carboxylic acids is 1. The Morgan fingerprint density at radius 2 is 1.56 bits per heavy atom. The maximum atomic E-state index is 14.6. The van der Waals surface area contributed by atoms with Crippen molar-refractivity contribution in [1.82, 2.24) is 9.63 Å². The highest BCUT2D eigenvalue weighted by Gasteiger charge is 2.32. The molecule has 52 heavy (non-hydrogen) atoms. The minimum Gasteiger partial charge on any atom is -0.385 e. The molecule has 1 aromatic heterocycles. The predicted molar refractivity (Wildman–Crippen MR) is 191 cm³/mol. The van der Waals surface area contributed by atoms with E-state index in [0.29, 0.717) is 58.2 Å². The predicted octanol–water partition coefficient (Wildman–Crippen LogP) is 9.68. The quantitative estimate of drug-likeness (QED) is 0.0726. The summed E-state index contributed by atoms with van der Waals surface area (Å²) < 4.78 is 74.8. The van der Waals surface area contributed by atoms with Crippen molar-refractivity contribution in [3.63, 3.8) is 0 Å². The van der Waals surface area contributed by atoms with Gasteiger partial charge in [0, 0.05) is 36.5 Å². The number of amides is 1. The van der Waals surface area contributed by atoms with Crippen LogP contribution in [0.5, 0.6) is 5.75 Å². The number of hydroxylamine groups is 2. The number of halogens is 5. The molecule has 0 atom stereocenters. The first-order valence-corrected chi connectivity index (χ1v) is 18.0. The topological polar surface area (TPSA) is 60.8 Å². The number of hydrogen-bond donors (Lipinski definition) is 0. The Morgan fingerprint density at radius 1 is 0.885 bits per heavy atom. The van der Waals surface area contributed by atoms with Gasteiger partial charge in [-0.3, -0.25) is 9.59 Å². The average Bonchev–Trinajstić information content (AvgIpc) is 3.15. The molecular weight excluding hydrogens is 700 g/mol. The molecule has 1 amide bonds. The summed E-state index contributed by atoms with van der Waals surface area (Å²) in [6, 6.07) is 23.6. The zero-order chi connectivity index (χ0) is 36.8. The van der Waals surface area contributed by atoms with Gasteiger partial charge in [-0.05, 0) is 91.6 Å². The number of para-hydroxylation sites is 1. The first-order valence-electron chi connectivity index (χ1n) is 17.0. The lowest BCUT2D eigenvalue weighted by Crippen LogP contribution is -2.46. The fourth-order valence-electron chi connectivity index (χ4n) is 6.56. The molecule has 0 spiro atoms. The van der Waals surface area contributed by atoms with Gasteiger partial charge in [-0.25, -0.2) is 8.78 Å². The molecule has 0 N–H and O–H groups in total. The minimum absolute atomic E-state index is 0.0204. The Balaban J connectivity index is 1.28. The summed E-state index contributed by atoms with van der Waals surface area (Å²) in [5, 5.41) is 2.21. The molecule has 6 nitrogen and oxygen atoms in total. The Hall–Kier alpha value is -4.68. The number of nitrogens with zero attached hydrogens (tertiary/aromatic N) is 2. The normalized spacial score (nSPS) is 16.2. The van der Waals surface area contributed by atoms with Crippen LogP contribution in [0.3, 0.4) is 0 Å². The highest BCUT2D eigenvalue weighted by Crippen LogP contribution is 2.34. The van der Waals surface area contributed by atoms with E-state index in [1.54, 1.807) is 60.2 Å². The number of ether oxygens (including phenoxy) is 1. The Morgan fingerprint density at radius 3 is 2.23 bits per heavy atom. The van der Waals surface area contributed by atoms with Gasteiger partial charge in [0.2, 0.25) is 0 Å². The number of thioether (sulfide) groups is 1. The van der Waals surface area contributed by atoms with Crippen molar-refractivity contribution in [3.8, 4) is 16.9 Å². The number of methoxy groups -OCH3 is 1. The van der Waals surface area contributed by atoms with Crippen molar-refractivity contribution >= 4 is 28.6 Å². The molecule has 12 heteroatoms. The van der Waals surface area contributed by atoms with Crippen molar-refractivity contribution < 1.29 is 36.3 Å². The highest BCUT2D eigenvalue weighted by molar-refractivity contribution is 7.98. The molecule has 6 rings (SSSR count). The van der Waals surface area contributed by atoms with E-state index >= 15 is 0 Å². The summed E-state index contributed by atoms with van der Waals surface area (Å²) in [6.45, 7) is 0.446. The molecule has 1 fully saturated rings. The third-order valence-electron chi connectivity index (χ3n) is 9.41. The molecule has 4 aromatic carbocycles. The molecule has 0 bridgehead atoms. The van der Waals surface area contributed by atoms with E-state index in [9.17, 15) is 31.5 Å². The summed E-state index contributed by atoms with van der Waals surface area (Å²) >= 11 is 1.13. The van der Waals surface area contributed by atoms with Gasteiger partial charge in [-0.2, -0.15) is 18.2 Å². The second kappa shape index (κ2) is 16.3. The third-order valence-corrected chi connectivity index (χ3v) is 10.5. The van der Waals surface area contributed by atoms with E-state index in [-0.39, 0.29) is 35.2 Å². The third kappa shape index (κ3) is 8.67. The van der Waals surface area contributed by atoms with E-state index in [0.717, 1.165) is 49.2 Å². The Bertz CT molecular complexity index is 2060. The van der Waals surface area contributed by atoms with Crippen LogP contribution in [-0.4, -0.2) is 35.3 Å². The van der Waals surface area contributed by atoms with Crippen molar-refractivity contribution in [2.24, 2.45) is 5.92 Å². The Labute approximate surface area is 302 Å². The molecule has 1 heterocycles. The number of aromatic nitrogens is 1. The largest absolute Gasteiger partial charge is 0.416 e. The highest BCUT2D eigenvalue weighted by atomic mass is 32.2. The summed E-state index contributed by atoms with van der Waals surface area (Å²) in [6.07, 6.45) is -0.399. The lowest BCUT2D eigenvalue weighted by molar-refractivity contribution is -0.169. The van der Waals surface area contributed by atoms with E-state index < -0.39 is 23.4 Å². The zero-order valence-electron chi connectivity index (χ0n) is 28.4. The zero-order valence-corrected chi connectivity index (χ0v) is 29.2. The van der Waals surface area contributed by atoms with Crippen LogP contribution in [0.15, 0.2) is 107 Å². The molecule has 1 aliphatic rings. The van der Waals surface area contributed by atoms with Crippen LogP contribution in [0, 0.1) is 17.6 Å². The van der Waals surface area contributed by atoms with E-state index in [1.807, 2.05) is 0 Å². The van der Waals surface area contributed by atoms with Crippen molar-refractivity contribution in [2.75, 3.05) is 13.7 Å². The van der Waals surface area contributed by atoms with E-state index in [4.69, 9.17) is 9.57 Å². The fraction of sp³-hybridized carbons (Fsp3) is 0.300. The van der Waals surface area contributed by atoms with Gasteiger partial charge in [-0.15, -0.1) is 11.8 Å². The van der Waals surface area contributed by atoms with Crippen LogP contribution in [0.25, 0.3) is 22.0 Å². The molecule has 0 aliphatic heterocycles. The summed E-state index contributed by atoms with van der Waals surface area (Å²) in [5.74, 6) is -1.48. The maximum absolute atomic E-state index is 14.6. The molecule has 0 unspecified atom stereocenters. The number of rotatable bonds is 12. The van der Waals surface area contributed by atoms with Crippen LogP contribution in [0.2, 0.25) is 0 Å². The molecule has 1 aliphatic carbocycles. The maximum Gasteiger partial charge on any atom is 0.416 e. The van der Waals surface area contributed by atoms with Crippen LogP contribution >= 0.6 is 11.8 Å². The molecular formula is C40H37F5N2O4S. The fourth-order valence-corrected chi connectivity index (χ4v) is 7.59. The second-order valence-corrected chi connectivity index (χ2v) is 13.8. The molecule has 0 saturated heterocycles. The lowest BCUT2D eigenvalue weighted by Gasteiger charge is -2.36. The first kappa shape index (κ1) is 37.1. The van der Waals surface area contributed by atoms with Gasteiger partial charge in [0.1, 0.15) is 6.54 Å².